The van der Waals surface area contributed by atoms with Gasteiger partial charge in [0.05, 0.1) is 19.1 Å². The first-order valence-corrected chi connectivity index (χ1v) is 13.5. The summed E-state index contributed by atoms with van der Waals surface area (Å²) in [5, 5.41) is 7.37. The molecule has 2 aromatic rings. The number of benzene rings is 1. The lowest BCUT2D eigenvalue weighted by atomic mass is 9.94. The van der Waals surface area contributed by atoms with Crippen LogP contribution in [0.1, 0.15) is 55.5 Å². The molecule has 0 bridgehead atoms. The molecule has 1 aromatic carbocycles. The van der Waals surface area contributed by atoms with Crippen molar-refractivity contribution < 1.29 is 14.3 Å². The van der Waals surface area contributed by atoms with Gasteiger partial charge >= 0.3 is 5.97 Å². The van der Waals surface area contributed by atoms with Crippen LogP contribution in [0.5, 0.6) is 0 Å². The van der Waals surface area contributed by atoms with E-state index < -0.39 is 6.04 Å². The Morgan fingerprint density at radius 2 is 1.94 bits per heavy atom. The molecule has 36 heavy (non-hydrogen) atoms. The van der Waals surface area contributed by atoms with Gasteiger partial charge in [0.15, 0.2) is 0 Å². The monoisotopic (exact) mass is 532 g/mol. The van der Waals surface area contributed by atoms with E-state index in [2.05, 4.69) is 27.7 Å². The molecule has 2 aliphatic heterocycles. The maximum absolute atomic E-state index is 13.1. The van der Waals surface area contributed by atoms with Gasteiger partial charge in [0.25, 0.3) is 0 Å². The third-order valence-corrected chi connectivity index (χ3v) is 7.31. The van der Waals surface area contributed by atoms with Crippen molar-refractivity contribution in [2.45, 2.75) is 51.5 Å². The first-order valence-electron chi connectivity index (χ1n) is 12.8. The number of aryl methyl sites for hydroxylation is 1. The third kappa shape index (κ3) is 7.34. The van der Waals surface area contributed by atoms with Crippen molar-refractivity contribution in [3.63, 3.8) is 0 Å². The Balaban J connectivity index is 1.30. The number of anilines is 1. The summed E-state index contributed by atoms with van der Waals surface area (Å²) in [7, 11) is 0. The van der Waals surface area contributed by atoms with E-state index in [1.54, 1.807) is 25.1 Å². The Bertz CT molecular complexity index is 1050. The molecule has 1 saturated heterocycles. The Kier molecular flexibility index (Phi) is 9.46. The Hall–Kier alpha value is -2.35. The summed E-state index contributed by atoms with van der Waals surface area (Å²) in [5.41, 5.74) is 3.10. The number of piperidine rings is 1. The minimum Gasteiger partial charge on any atom is -0.466 e. The highest BCUT2D eigenvalue weighted by Crippen LogP contribution is 2.27. The van der Waals surface area contributed by atoms with Gasteiger partial charge in [0.1, 0.15) is 5.82 Å². The standard InChI is InChI=1S/C27H34Cl2N4O3/c1-2-36-25(34)17-24(20-14-21(28)16-22(29)15-20)32-27(35)19-7-11-33(12-8-19)13-9-23-6-5-18-4-3-10-30-26(18)31-23/h5-6,14-16,19,24H,2-4,7-13,17H2,1H3,(H,30,31)(H,32,35)/t24-/m0/s1. The molecule has 0 aliphatic carbocycles. The predicted octanol–water partition coefficient (Wildman–Crippen LogP) is 4.81. The minimum absolute atomic E-state index is 0.0255. The molecule has 0 unspecified atom stereocenters. The largest absolute Gasteiger partial charge is 0.466 e. The zero-order valence-electron chi connectivity index (χ0n) is 20.7. The summed E-state index contributed by atoms with van der Waals surface area (Å²) < 4.78 is 5.12. The lowest BCUT2D eigenvalue weighted by molar-refractivity contribution is -0.144. The summed E-state index contributed by atoms with van der Waals surface area (Å²) in [6, 6.07) is 8.86. The number of pyridine rings is 1. The molecule has 2 aliphatic rings. The van der Waals surface area contributed by atoms with Crippen LogP contribution in [0.25, 0.3) is 0 Å². The van der Waals surface area contributed by atoms with Crippen molar-refractivity contribution in [3.8, 4) is 0 Å². The molecule has 4 rings (SSSR count). The molecule has 0 saturated carbocycles. The average molecular weight is 534 g/mol. The van der Waals surface area contributed by atoms with E-state index in [-0.39, 0.29) is 30.8 Å². The Morgan fingerprint density at radius 1 is 1.19 bits per heavy atom. The molecule has 3 heterocycles. The van der Waals surface area contributed by atoms with Gasteiger partial charge in [-0.1, -0.05) is 29.3 Å². The molecular formula is C27H34Cl2N4O3. The number of hydrogen-bond donors (Lipinski definition) is 2. The number of likely N-dealkylation sites (tertiary alicyclic amines) is 1. The Morgan fingerprint density at radius 3 is 2.67 bits per heavy atom. The molecule has 9 heteroatoms. The van der Waals surface area contributed by atoms with Crippen molar-refractivity contribution in [1.82, 2.24) is 15.2 Å². The summed E-state index contributed by atoms with van der Waals surface area (Å²) in [5.74, 6) is 0.501. The summed E-state index contributed by atoms with van der Waals surface area (Å²) in [6.45, 7) is 5.66. The highest BCUT2D eigenvalue weighted by atomic mass is 35.5. The number of carbonyl (C=O) groups excluding carboxylic acids is 2. The second-order valence-corrected chi connectivity index (χ2v) is 10.4. The molecule has 194 valence electrons. The average Bonchev–Trinajstić information content (AvgIpc) is 2.87. The number of carbonyl (C=O) groups is 2. The minimum atomic E-state index is -0.547. The molecular weight excluding hydrogens is 499 g/mol. The van der Waals surface area contributed by atoms with E-state index in [4.69, 9.17) is 32.9 Å². The van der Waals surface area contributed by atoms with Crippen LogP contribution in [-0.2, 0) is 27.2 Å². The maximum Gasteiger partial charge on any atom is 0.308 e. The fourth-order valence-corrected chi connectivity index (χ4v) is 5.45. The number of nitrogens with zero attached hydrogens (tertiary/aromatic N) is 2. The van der Waals surface area contributed by atoms with E-state index in [1.165, 1.54) is 5.56 Å². The van der Waals surface area contributed by atoms with E-state index in [9.17, 15) is 9.59 Å². The topological polar surface area (TPSA) is 83.6 Å². The fourth-order valence-electron chi connectivity index (χ4n) is 4.90. The van der Waals surface area contributed by atoms with Crippen LogP contribution >= 0.6 is 23.2 Å². The SMILES string of the molecule is CCOC(=O)C[C@H](NC(=O)C1CCN(CCc2ccc3c(n2)NCCC3)CC1)c1cc(Cl)cc(Cl)c1. The van der Waals surface area contributed by atoms with Crippen LogP contribution in [0, 0.1) is 5.92 Å². The number of nitrogens with one attached hydrogen (secondary N) is 2. The van der Waals surface area contributed by atoms with Gasteiger partial charge in [-0.05, 0) is 81.1 Å². The van der Waals surface area contributed by atoms with Gasteiger partial charge in [-0.25, -0.2) is 4.98 Å². The van der Waals surface area contributed by atoms with Crippen molar-refractivity contribution in [3.05, 3.63) is 57.2 Å². The van der Waals surface area contributed by atoms with Gasteiger partial charge in [0.2, 0.25) is 5.91 Å². The molecule has 1 amide bonds. The smallest absolute Gasteiger partial charge is 0.308 e. The lowest BCUT2D eigenvalue weighted by Gasteiger charge is -2.32. The van der Waals surface area contributed by atoms with Gasteiger partial charge in [-0.15, -0.1) is 0 Å². The van der Waals surface area contributed by atoms with Gasteiger partial charge < -0.3 is 20.3 Å². The van der Waals surface area contributed by atoms with E-state index >= 15 is 0 Å². The first-order chi connectivity index (χ1) is 17.4. The van der Waals surface area contributed by atoms with Crippen LogP contribution < -0.4 is 10.6 Å². The normalized spacial score (nSPS) is 17.1. The number of esters is 1. The molecule has 1 atom stereocenters. The van der Waals surface area contributed by atoms with Crippen molar-refractivity contribution in [2.24, 2.45) is 5.92 Å². The summed E-state index contributed by atoms with van der Waals surface area (Å²) in [6.07, 6.45) is 4.71. The number of halogens is 2. The highest BCUT2D eigenvalue weighted by Gasteiger charge is 2.28. The molecule has 1 fully saturated rings. The van der Waals surface area contributed by atoms with Crippen LogP contribution in [-0.4, -0.2) is 54.5 Å². The molecule has 7 nitrogen and oxygen atoms in total. The number of hydrogen-bond acceptors (Lipinski definition) is 6. The fraction of sp³-hybridized carbons (Fsp3) is 0.519. The van der Waals surface area contributed by atoms with Crippen molar-refractivity contribution in [1.29, 1.82) is 0 Å². The van der Waals surface area contributed by atoms with Gasteiger partial charge in [-0.2, -0.15) is 0 Å². The van der Waals surface area contributed by atoms with E-state index in [0.717, 1.165) is 69.8 Å². The number of aromatic nitrogens is 1. The number of ether oxygens (including phenoxy) is 1. The summed E-state index contributed by atoms with van der Waals surface area (Å²) in [4.78, 5) is 32.5. The Labute approximate surface area is 222 Å². The summed E-state index contributed by atoms with van der Waals surface area (Å²) >= 11 is 12.4. The third-order valence-electron chi connectivity index (χ3n) is 6.87. The predicted molar refractivity (Wildman–Crippen MR) is 143 cm³/mol. The second kappa shape index (κ2) is 12.7. The van der Waals surface area contributed by atoms with E-state index in [1.807, 2.05) is 0 Å². The zero-order valence-corrected chi connectivity index (χ0v) is 22.2. The maximum atomic E-state index is 13.1. The lowest BCUT2D eigenvalue weighted by Crippen LogP contribution is -2.42. The number of amides is 1. The van der Waals surface area contributed by atoms with Crippen molar-refractivity contribution >= 4 is 40.9 Å². The van der Waals surface area contributed by atoms with Gasteiger partial charge in [0, 0.05) is 41.2 Å². The highest BCUT2D eigenvalue weighted by molar-refractivity contribution is 6.34. The van der Waals surface area contributed by atoms with Crippen LogP contribution in [0.4, 0.5) is 5.82 Å². The first kappa shape index (κ1) is 26.7. The number of rotatable bonds is 9. The van der Waals surface area contributed by atoms with Gasteiger partial charge in [-0.3, -0.25) is 9.59 Å². The van der Waals surface area contributed by atoms with Crippen LogP contribution in [0.3, 0.4) is 0 Å². The zero-order chi connectivity index (χ0) is 25.5. The second-order valence-electron chi connectivity index (χ2n) is 9.48. The van der Waals surface area contributed by atoms with Crippen molar-refractivity contribution in [2.75, 3.05) is 38.1 Å². The molecule has 0 spiro atoms. The molecule has 1 aromatic heterocycles. The molecule has 0 radical (unpaired) electrons. The van der Waals surface area contributed by atoms with Crippen LogP contribution in [0.2, 0.25) is 10.0 Å². The molecule has 2 N–H and O–H groups in total. The quantitative estimate of drug-likeness (QED) is 0.450. The van der Waals surface area contributed by atoms with E-state index in [0.29, 0.717) is 15.6 Å². The number of fused-ring (bicyclic) bond motifs is 1. The van der Waals surface area contributed by atoms with Crippen LogP contribution in [0.15, 0.2) is 30.3 Å².